The average Bonchev–Trinajstić information content (AvgIpc) is 2.58. The SMILES string of the molecule is CN1CC(C(=O)N2CCCC(O)C2)CC1=O. The third-order valence-corrected chi connectivity index (χ3v) is 3.40. The van der Waals surface area contributed by atoms with Gasteiger partial charge in [-0.25, -0.2) is 0 Å². The van der Waals surface area contributed by atoms with Crippen molar-refractivity contribution in [3.8, 4) is 0 Å². The van der Waals surface area contributed by atoms with E-state index in [4.69, 9.17) is 0 Å². The van der Waals surface area contributed by atoms with Crippen LogP contribution in [0.1, 0.15) is 19.3 Å². The number of aliphatic hydroxyl groups is 1. The lowest BCUT2D eigenvalue weighted by atomic mass is 10.0. The first-order chi connectivity index (χ1) is 7.58. The molecule has 0 saturated carbocycles. The second kappa shape index (κ2) is 4.41. The standard InChI is InChI=1S/C11H18N2O3/c1-12-6-8(5-10(12)15)11(16)13-4-2-3-9(14)7-13/h8-9,14H,2-7H2,1H3. The summed E-state index contributed by atoms with van der Waals surface area (Å²) < 4.78 is 0. The Balaban J connectivity index is 1.94. The lowest BCUT2D eigenvalue weighted by molar-refractivity contribution is -0.138. The highest BCUT2D eigenvalue weighted by molar-refractivity contribution is 5.89. The van der Waals surface area contributed by atoms with Crippen molar-refractivity contribution in [2.45, 2.75) is 25.4 Å². The maximum Gasteiger partial charge on any atom is 0.228 e. The van der Waals surface area contributed by atoms with Crippen LogP contribution in [0.3, 0.4) is 0 Å². The van der Waals surface area contributed by atoms with Gasteiger partial charge in [0, 0.05) is 33.1 Å². The summed E-state index contributed by atoms with van der Waals surface area (Å²) >= 11 is 0. The number of likely N-dealkylation sites (tertiary alicyclic amines) is 2. The molecule has 0 aromatic rings. The van der Waals surface area contributed by atoms with Gasteiger partial charge >= 0.3 is 0 Å². The van der Waals surface area contributed by atoms with E-state index in [0.717, 1.165) is 12.8 Å². The van der Waals surface area contributed by atoms with Crippen LogP contribution >= 0.6 is 0 Å². The Labute approximate surface area is 95.0 Å². The maximum absolute atomic E-state index is 12.1. The molecule has 2 saturated heterocycles. The molecular weight excluding hydrogens is 208 g/mol. The fourth-order valence-corrected chi connectivity index (χ4v) is 2.44. The van der Waals surface area contributed by atoms with Crippen LogP contribution in [-0.4, -0.2) is 59.5 Å². The van der Waals surface area contributed by atoms with Crippen molar-refractivity contribution in [3.05, 3.63) is 0 Å². The number of aliphatic hydroxyl groups excluding tert-OH is 1. The van der Waals surface area contributed by atoms with Gasteiger partial charge in [0.2, 0.25) is 11.8 Å². The molecule has 2 atom stereocenters. The Morgan fingerprint density at radius 3 is 2.75 bits per heavy atom. The van der Waals surface area contributed by atoms with E-state index in [1.165, 1.54) is 0 Å². The van der Waals surface area contributed by atoms with E-state index in [-0.39, 0.29) is 17.7 Å². The van der Waals surface area contributed by atoms with E-state index in [9.17, 15) is 14.7 Å². The van der Waals surface area contributed by atoms with Crippen LogP contribution in [0, 0.1) is 5.92 Å². The van der Waals surface area contributed by atoms with E-state index in [0.29, 0.717) is 26.1 Å². The van der Waals surface area contributed by atoms with Gasteiger partial charge in [-0.05, 0) is 12.8 Å². The molecule has 0 aliphatic carbocycles. The fourth-order valence-electron chi connectivity index (χ4n) is 2.44. The van der Waals surface area contributed by atoms with Gasteiger partial charge in [0.1, 0.15) is 0 Å². The van der Waals surface area contributed by atoms with Crippen LogP contribution in [0.15, 0.2) is 0 Å². The van der Waals surface area contributed by atoms with Crippen LogP contribution in [0.2, 0.25) is 0 Å². The minimum atomic E-state index is -0.396. The summed E-state index contributed by atoms with van der Waals surface area (Å²) in [6.45, 7) is 1.65. The molecule has 1 N–H and O–H groups in total. The molecule has 2 unspecified atom stereocenters. The zero-order chi connectivity index (χ0) is 11.7. The topological polar surface area (TPSA) is 60.9 Å². The van der Waals surface area contributed by atoms with Gasteiger partial charge in [-0.2, -0.15) is 0 Å². The summed E-state index contributed by atoms with van der Waals surface area (Å²) in [4.78, 5) is 26.7. The molecule has 2 amide bonds. The van der Waals surface area contributed by atoms with Gasteiger partial charge in [0.25, 0.3) is 0 Å². The van der Waals surface area contributed by atoms with Gasteiger partial charge in [-0.1, -0.05) is 0 Å². The first kappa shape index (κ1) is 11.4. The minimum Gasteiger partial charge on any atom is -0.391 e. The van der Waals surface area contributed by atoms with E-state index in [1.54, 1.807) is 16.8 Å². The molecule has 0 radical (unpaired) electrons. The largest absolute Gasteiger partial charge is 0.391 e. The Morgan fingerprint density at radius 2 is 2.19 bits per heavy atom. The zero-order valence-electron chi connectivity index (χ0n) is 9.56. The summed E-state index contributed by atoms with van der Waals surface area (Å²) in [5, 5.41) is 9.50. The van der Waals surface area contributed by atoms with Gasteiger partial charge in [0.05, 0.1) is 12.0 Å². The smallest absolute Gasteiger partial charge is 0.228 e. The number of hydrogen-bond donors (Lipinski definition) is 1. The van der Waals surface area contributed by atoms with E-state index in [2.05, 4.69) is 0 Å². The number of β-amino-alcohol motifs (C(OH)–C–C–N with tert-alkyl or cyclic N) is 1. The van der Waals surface area contributed by atoms with Crippen molar-refractivity contribution in [2.24, 2.45) is 5.92 Å². The highest BCUT2D eigenvalue weighted by Gasteiger charge is 2.35. The van der Waals surface area contributed by atoms with Crippen molar-refractivity contribution < 1.29 is 14.7 Å². The lowest BCUT2D eigenvalue weighted by Crippen LogP contribution is -2.45. The molecule has 0 spiro atoms. The molecule has 2 aliphatic rings. The number of carbonyl (C=O) groups excluding carboxylic acids is 2. The van der Waals surface area contributed by atoms with Crippen molar-refractivity contribution in [1.29, 1.82) is 0 Å². The third kappa shape index (κ3) is 2.19. The Hall–Kier alpha value is -1.10. The fraction of sp³-hybridized carbons (Fsp3) is 0.818. The molecule has 0 aromatic heterocycles. The first-order valence-corrected chi connectivity index (χ1v) is 5.78. The normalized spacial score (nSPS) is 31.0. The van der Waals surface area contributed by atoms with Crippen LogP contribution in [-0.2, 0) is 9.59 Å². The summed E-state index contributed by atoms with van der Waals surface area (Å²) in [7, 11) is 1.72. The molecule has 5 heteroatoms. The molecule has 2 heterocycles. The number of amides is 2. The molecule has 5 nitrogen and oxygen atoms in total. The average molecular weight is 226 g/mol. The monoisotopic (exact) mass is 226 g/mol. The van der Waals surface area contributed by atoms with Crippen molar-refractivity contribution >= 4 is 11.8 Å². The molecule has 90 valence electrons. The molecule has 0 bridgehead atoms. The second-order valence-electron chi connectivity index (χ2n) is 4.76. The molecule has 2 aliphatic heterocycles. The van der Waals surface area contributed by atoms with Crippen molar-refractivity contribution in [1.82, 2.24) is 9.80 Å². The summed E-state index contributed by atoms with van der Waals surface area (Å²) in [5.74, 6) is -0.143. The Bertz CT molecular complexity index is 306. The molecule has 2 fully saturated rings. The molecular formula is C11H18N2O3. The molecule has 16 heavy (non-hydrogen) atoms. The van der Waals surface area contributed by atoms with Gasteiger partial charge < -0.3 is 14.9 Å². The van der Waals surface area contributed by atoms with E-state index in [1.807, 2.05) is 0 Å². The van der Waals surface area contributed by atoms with E-state index >= 15 is 0 Å². The van der Waals surface area contributed by atoms with Gasteiger partial charge in [0.15, 0.2) is 0 Å². The van der Waals surface area contributed by atoms with Crippen LogP contribution in [0.4, 0.5) is 0 Å². The zero-order valence-corrected chi connectivity index (χ0v) is 9.56. The van der Waals surface area contributed by atoms with Crippen LogP contribution in [0.25, 0.3) is 0 Å². The number of piperidine rings is 1. The second-order valence-corrected chi connectivity index (χ2v) is 4.76. The molecule has 0 aromatic carbocycles. The molecule has 2 rings (SSSR count). The van der Waals surface area contributed by atoms with Gasteiger partial charge in [-0.3, -0.25) is 9.59 Å². The summed E-state index contributed by atoms with van der Waals surface area (Å²) in [6.07, 6.45) is 1.55. The predicted molar refractivity (Wildman–Crippen MR) is 57.6 cm³/mol. The third-order valence-electron chi connectivity index (χ3n) is 3.40. The van der Waals surface area contributed by atoms with Crippen LogP contribution in [0.5, 0.6) is 0 Å². The first-order valence-electron chi connectivity index (χ1n) is 5.78. The maximum atomic E-state index is 12.1. The van der Waals surface area contributed by atoms with E-state index < -0.39 is 6.10 Å². The highest BCUT2D eigenvalue weighted by Crippen LogP contribution is 2.21. The minimum absolute atomic E-state index is 0.0245. The Kier molecular flexibility index (Phi) is 3.14. The number of nitrogens with zero attached hydrogens (tertiary/aromatic N) is 2. The summed E-state index contributed by atoms with van der Waals surface area (Å²) in [5.41, 5.74) is 0. The number of hydrogen-bond acceptors (Lipinski definition) is 3. The van der Waals surface area contributed by atoms with Crippen molar-refractivity contribution in [2.75, 3.05) is 26.7 Å². The van der Waals surface area contributed by atoms with Gasteiger partial charge in [-0.15, -0.1) is 0 Å². The Morgan fingerprint density at radius 1 is 1.44 bits per heavy atom. The summed E-state index contributed by atoms with van der Waals surface area (Å²) in [6, 6.07) is 0. The number of carbonyl (C=O) groups is 2. The number of rotatable bonds is 1. The van der Waals surface area contributed by atoms with Crippen LogP contribution < -0.4 is 0 Å². The predicted octanol–water partition coefficient (Wildman–Crippen LogP) is -0.552. The lowest BCUT2D eigenvalue weighted by Gasteiger charge is -2.31. The quantitative estimate of drug-likeness (QED) is 0.652. The highest BCUT2D eigenvalue weighted by atomic mass is 16.3. The van der Waals surface area contributed by atoms with Crippen molar-refractivity contribution in [3.63, 3.8) is 0 Å².